The van der Waals surface area contributed by atoms with E-state index >= 15 is 0 Å². The fourth-order valence-corrected chi connectivity index (χ4v) is 4.91. The fourth-order valence-electron chi connectivity index (χ4n) is 3.92. The van der Waals surface area contributed by atoms with Crippen LogP contribution in [0.1, 0.15) is 10.4 Å². The molecule has 0 bridgehead atoms. The molecule has 10 heteroatoms. The van der Waals surface area contributed by atoms with Crippen LogP contribution in [0.15, 0.2) is 30.5 Å². The highest BCUT2D eigenvalue weighted by atomic mass is 32.1. The Hall–Kier alpha value is -2.95. The Morgan fingerprint density at radius 2 is 1.81 bits per heavy atom. The second-order valence-corrected chi connectivity index (χ2v) is 8.55. The number of fused-ring (bicyclic) bond motifs is 1. The van der Waals surface area contributed by atoms with Crippen LogP contribution in [0.5, 0.6) is 5.75 Å². The first-order valence-corrected chi connectivity index (χ1v) is 11.4. The Labute approximate surface area is 189 Å². The zero-order chi connectivity index (χ0) is 21.9. The number of anilines is 3. The average Bonchev–Trinajstić information content (AvgIpc) is 3.28. The van der Waals surface area contributed by atoms with Crippen LogP contribution >= 0.6 is 11.3 Å². The Morgan fingerprint density at radius 3 is 2.53 bits per heavy atom. The number of aromatic nitrogens is 2. The van der Waals surface area contributed by atoms with Gasteiger partial charge in [-0.15, -0.1) is 0 Å². The molecule has 4 heterocycles. The van der Waals surface area contributed by atoms with Gasteiger partial charge in [0.05, 0.1) is 39.7 Å². The Balaban J connectivity index is 1.41. The molecule has 2 aliphatic heterocycles. The van der Waals surface area contributed by atoms with Gasteiger partial charge in [0.1, 0.15) is 16.0 Å². The predicted molar refractivity (Wildman–Crippen MR) is 124 cm³/mol. The topological polar surface area (TPSA) is 89.1 Å². The van der Waals surface area contributed by atoms with Crippen molar-refractivity contribution in [2.75, 3.05) is 74.8 Å². The number of amides is 1. The third kappa shape index (κ3) is 4.21. The minimum absolute atomic E-state index is 0.195. The number of ether oxygens (including phenoxy) is 3. The molecular formula is C22H25N5O4S. The average molecular weight is 456 g/mol. The Bertz CT molecular complexity index is 1110. The maximum Gasteiger partial charge on any atom is 0.257 e. The summed E-state index contributed by atoms with van der Waals surface area (Å²) < 4.78 is 17.2. The van der Waals surface area contributed by atoms with Crippen LogP contribution < -0.4 is 19.9 Å². The maximum atomic E-state index is 13.0. The van der Waals surface area contributed by atoms with Crippen molar-refractivity contribution in [2.45, 2.75) is 0 Å². The molecule has 0 atom stereocenters. The first-order valence-electron chi connectivity index (χ1n) is 10.6. The standard InChI is InChI=1S/C22H25N5O4S/c1-29-17-14-23-20(27-7-11-31-12-8-27)19-18(17)24-22(32-19)25-21(28)15-3-2-4-16(13-15)26-5-9-30-10-6-26/h2-4,13-14H,5-12H2,1H3,(H,24,25,28). The number of thiazole rings is 1. The number of nitrogens with one attached hydrogen (secondary N) is 1. The zero-order valence-corrected chi connectivity index (χ0v) is 18.7. The first-order chi connectivity index (χ1) is 15.7. The fraction of sp³-hybridized carbons (Fsp3) is 0.409. The summed E-state index contributed by atoms with van der Waals surface area (Å²) >= 11 is 1.41. The quantitative estimate of drug-likeness (QED) is 0.628. The van der Waals surface area contributed by atoms with Crippen molar-refractivity contribution in [2.24, 2.45) is 0 Å². The molecule has 2 aliphatic rings. The number of morpholine rings is 2. The van der Waals surface area contributed by atoms with Gasteiger partial charge < -0.3 is 24.0 Å². The molecule has 2 fully saturated rings. The van der Waals surface area contributed by atoms with Crippen LogP contribution in [0.4, 0.5) is 16.6 Å². The highest BCUT2D eigenvalue weighted by Crippen LogP contribution is 2.38. The molecule has 2 aromatic heterocycles. The Morgan fingerprint density at radius 1 is 1.09 bits per heavy atom. The molecule has 0 saturated carbocycles. The molecule has 3 aromatic rings. The SMILES string of the molecule is COc1cnc(N2CCOCC2)c2sc(NC(=O)c3cccc(N4CCOCC4)c3)nc12. The van der Waals surface area contributed by atoms with Crippen LogP contribution in [0.3, 0.4) is 0 Å². The van der Waals surface area contributed by atoms with Crippen molar-refractivity contribution in [1.29, 1.82) is 0 Å². The van der Waals surface area contributed by atoms with Gasteiger partial charge in [0, 0.05) is 37.4 Å². The second kappa shape index (κ2) is 9.27. The molecule has 1 N–H and O–H groups in total. The summed E-state index contributed by atoms with van der Waals surface area (Å²) in [6.45, 7) is 5.89. The van der Waals surface area contributed by atoms with E-state index in [1.807, 2.05) is 24.3 Å². The van der Waals surface area contributed by atoms with E-state index in [1.54, 1.807) is 13.3 Å². The van der Waals surface area contributed by atoms with Gasteiger partial charge in [0.25, 0.3) is 5.91 Å². The van der Waals surface area contributed by atoms with E-state index in [0.717, 1.165) is 42.4 Å². The molecule has 2 saturated heterocycles. The first kappa shape index (κ1) is 20.9. The highest BCUT2D eigenvalue weighted by molar-refractivity contribution is 7.23. The summed E-state index contributed by atoms with van der Waals surface area (Å²) in [4.78, 5) is 26.7. The second-order valence-electron chi connectivity index (χ2n) is 7.55. The smallest absolute Gasteiger partial charge is 0.257 e. The van der Waals surface area contributed by atoms with E-state index in [1.165, 1.54) is 11.3 Å². The van der Waals surface area contributed by atoms with E-state index in [9.17, 15) is 4.79 Å². The van der Waals surface area contributed by atoms with Gasteiger partial charge in [0.2, 0.25) is 0 Å². The third-order valence-corrected chi connectivity index (χ3v) is 6.57. The van der Waals surface area contributed by atoms with Crippen LogP contribution in [0, 0.1) is 0 Å². The summed E-state index contributed by atoms with van der Waals surface area (Å²) in [6.07, 6.45) is 1.68. The number of carbonyl (C=O) groups excluding carboxylic acids is 1. The molecule has 0 radical (unpaired) electrons. The van der Waals surface area contributed by atoms with Crippen LogP contribution in [-0.4, -0.2) is 75.6 Å². The van der Waals surface area contributed by atoms with Gasteiger partial charge in [-0.05, 0) is 18.2 Å². The lowest BCUT2D eigenvalue weighted by Gasteiger charge is -2.29. The van der Waals surface area contributed by atoms with Gasteiger partial charge in [-0.1, -0.05) is 17.4 Å². The van der Waals surface area contributed by atoms with E-state index < -0.39 is 0 Å². The molecule has 0 aliphatic carbocycles. The molecule has 168 valence electrons. The maximum absolute atomic E-state index is 13.0. The lowest BCUT2D eigenvalue weighted by atomic mass is 10.1. The summed E-state index contributed by atoms with van der Waals surface area (Å²) in [5.41, 5.74) is 2.31. The van der Waals surface area contributed by atoms with E-state index in [4.69, 9.17) is 14.2 Å². The summed E-state index contributed by atoms with van der Waals surface area (Å²) in [7, 11) is 1.60. The zero-order valence-electron chi connectivity index (χ0n) is 17.9. The lowest BCUT2D eigenvalue weighted by molar-refractivity contribution is 0.102. The van der Waals surface area contributed by atoms with Gasteiger partial charge >= 0.3 is 0 Å². The number of nitrogens with zero attached hydrogens (tertiary/aromatic N) is 4. The number of hydrogen-bond acceptors (Lipinski definition) is 9. The van der Waals surface area contributed by atoms with E-state index in [2.05, 4.69) is 25.1 Å². The molecule has 5 rings (SSSR count). The van der Waals surface area contributed by atoms with Crippen LogP contribution in [-0.2, 0) is 9.47 Å². The van der Waals surface area contributed by atoms with Crippen molar-refractivity contribution in [3.05, 3.63) is 36.0 Å². The normalized spacial score (nSPS) is 16.9. The van der Waals surface area contributed by atoms with Gasteiger partial charge in [-0.25, -0.2) is 9.97 Å². The minimum Gasteiger partial charge on any atom is -0.493 e. The van der Waals surface area contributed by atoms with Crippen molar-refractivity contribution >= 4 is 44.1 Å². The highest BCUT2D eigenvalue weighted by Gasteiger charge is 2.22. The molecule has 1 aromatic carbocycles. The van der Waals surface area contributed by atoms with Gasteiger partial charge in [0.15, 0.2) is 10.9 Å². The van der Waals surface area contributed by atoms with Crippen molar-refractivity contribution < 1.29 is 19.0 Å². The van der Waals surface area contributed by atoms with E-state index in [-0.39, 0.29) is 5.91 Å². The van der Waals surface area contributed by atoms with Crippen molar-refractivity contribution in [3.8, 4) is 5.75 Å². The monoisotopic (exact) mass is 455 g/mol. The summed E-state index contributed by atoms with van der Waals surface area (Å²) in [6, 6.07) is 7.65. The molecule has 1 amide bonds. The van der Waals surface area contributed by atoms with Crippen LogP contribution in [0.2, 0.25) is 0 Å². The van der Waals surface area contributed by atoms with Crippen molar-refractivity contribution in [3.63, 3.8) is 0 Å². The number of pyridine rings is 1. The molecule has 0 spiro atoms. The number of carbonyl (C=O) groups is 1. The summed E-state index contributed by atoms with van der Waals surface area (Å²) in [5.74, 6) is 1.23. The van der Waals surface area contributed by atoms with E-state index in [0.29, 0.717) is 48.4 Å². The lowest BCUT2D eigenvalue weighted by Crippen LogP contribution is -2.36. The number of methoxy groups -OCH3 is 1. The van der Waals surface area contributed by atoms with Gasteiger partial charge in [-0.2, -0.15) is 0 Å². The number of rotatable bonds is 5. The molecule has 0 unspecified atom stereocenters. The number of benzene rings is 1. The largest absolute Gasteiger partial charge is 0.493 e. The minimum atomic E-state index is -0.195. The molecule has 32 heavy (non-hydrogen) atoms. The molecule has 9 nitrogen and oxygen atoms in total. The van der Waals surface area contributed by atoms with Crippen molar-refractivity contribution in [1.82, 2.24) is 9.97 Å². The predicted octanol–water partition coefficient (Wildman–Crippen LogP) is 2.63. The number of hydrogen-bond donors (Lipinski definition) is 1. The molecular weight excluding hydrogens is 430 g/mol. The summed E-state index contributed by atoms with van der Waals surface area (Å²) in [5, 5.41) is 3.47. The Kier molecular flexibility index (Phi) is 6.06. The third-order valence-electron chi connectivity index (χ3n) is 5.60. The van der Waals surface area contributed by atoms with Crippen LogP contribution in [0.25, 0.3) is 10.2 Å². The van der Waals surface area contributed by atoms with Gasteiger partial charge in [-0.3, -0.25) is 10.1 Å².